The highest BCUT2D eigenvalue weighted by Gasteiger charge is 2.17. The van der Waals surface area contributed by atoms with E-state index in [4.69, 9.17) is 14.2 Å². The van der Waals surface area contributed by atoms with Gasteiger partial charge in [0.15, 0.2) is 5.13 Å². The van der Waals surface area contributed by atoms with Crippen LogP contribution in [0.3, 0.4) is 0 Å². The molecule has 0 aliphatic carbocycles. The molecule has 29 heavy (non-hydrogen) atoms. The SMILES string of the molecule is CCOC(=O)c1sc(NC(=O)CCNC(=O)c2cc(OC)cc(OC)c2)nc1C. The second-order valence-electron chi connectivity index (χ2n) is 5.81. The zero-order valence-corrected chi connectivity index (χ0v) is 17.5. The van der Waals surface area contributed by atoms with Crippen LogP contribution in [0.15, 0.2) is 18.2 Å². The number of ether oxygens (including phenoxy) is 3. The third kappa shape index (κ3) is 6.18. The maximum atomic E-state index is 12.3. The molecule has 1 heterocycles. The van der Waals surface area contributed by atoms with Gasteiger partial charge in [0.2, 0.25) is 5.91 Å². The van der Waals surface area contributed by atoms with Gasteiger partial charge in [0.25, 0.3) is 5.91 Å². The molecule has 0 saturated carbocycles. The molecule has 1 aromatic heterocycles. The molecule has 2 amide bonds. The molecule has 0 bridgehead atoms. The zero-order chi connectivity index (χ0) is 21.4. The van der Waals surface area contributed by atoms with Gasteiger partial charge in [-0.25, -0.2) is 9.78 Å². The van der Waals surface area contributed by atoms with Gasteiger partial charge in [0, 0.05) is 24.6 Å². The van der Waals surface area contributed by atoms with E-state index in [0.717, 1.165) is 11.3 Å². The highest BCUT2D eigenvalue weighted by Crippen LogP contribution is 2.24. The Labute approximate surface area is 172 Å². The Kier molecular flexibility index (Phi) is 7.96. The van der Waals surface area contributed by atoms with Crippen LogP contribution in [0.4, 0.5) is 5.13 Å². The monoisotopic (exact) mass is 421 g/mol. The number of thiazole rings is 1. The molecule has 0 fully saturated rings. The van der Waals surface area contributed by atoms with Gasteiger partial charge in [0.05, 0.1) is 26.5 Å². The molecule has 0 aliphatic rings. The third-order valence-electron chi connectivity index (χ3n) is 3.76. The first-order chi connectivity index (χ1) is 13.9. The molecular weight excluding hydrogens is 398 g/mol. The molecule has 0 atom stereocenters. The lowest BCUT2D eigenvalue weighted by Crippen LogP contribution is -2.27. The summed E-state index contributed by atoms with van der Waals surface area (Å²) in [5, 5.41) is 5.59. The van der Waals surface area contributed by atoms with Crippen LogP contribution in [0.5, 0.6) is 11.5 Å². The van der Waals surface area contributed by atoms with Gasteiger partial charge >= 0.3 is 5.97 Å². The Morgan fingerprint density at radius 2 is 1.76 bits per heavy atom. The van der Waals surface area contributed by atoms with Gasteiger partial charge < -0.3 is 24.8 Å². The maximum absolute atomic E-state index is 12.3. The number of benzene rings is 1. The van der Waals surface area contributed by atoms with Gasteiger partial charge in [-0.05, 0) is 26.0 Å². The number of nitrogens with one attached hydrogen (secondary N) is 2. The van der Waals surface area contributed by atoms with E-state index < -0.39 is 5.97 Å². The lowest BCUT2D eigenvalue weighted by molar-refractivity contribution is -0.116. The number of methoxy groups -OCH3 is 2. The van der Waals surface area contributed by atoms with E-state index in [9.17, 15) is 14.4 Å². The summed E-state index contributed by atoms with van der Waals surface area (Å²) in [4.78, 5) is 40.7. The molecule has 2 N–H and O–H groups in total. The second kappa shape index (κ2) is 10.4. The smallest absolute Gasteiger partial charge is 0.350 e. The highest BCUT2D eigenvalue weighted by atomic mass is 32.1. The summed E-state index contributed by atoms with van der Waals surface area (Å²) in [5.41, 5.74) is 0.847. The van der Waals surface area contributed by atoms with Crippen molar-refractivity contribution in [2.45, 2.75) is 20.3 Å². The van der Waals surface area contributed by atoms with Crippen molar-refractivity contribution in [2.75, 3.05) is 32.7 Å². The fraction of sp³-hybridized carbons (Fsp3) is 0.368. The molecule has 156 valence electrons. The largest absolute Gasteiger partial charge is 0.497 e. The van der Waals surface area contributed by atoms with Crippen LogP contribution >= 0.6 is 11.3 Å². The molecular formula is C19H23N3O6S. The van der Waals surface area contributed by atoms with Crippen LogP contribution in [-0.2, 0) is 9.53 Å². The minimum Gasteiger partial charge on any atom is -0.497 e. The van der Waals surface area contributed by atoms with Gasteiger partial charge in [-0.15, -0.1) is 0 Å². The molecule has 10 heteroatoms. The van der Waals surface area contributed by atoms with Crippen LogP contribution in [-0.4, -0.2) is 50.1 Å². The Hall–Kier alpha value is -3.14. The Bertz CT molecular complexity index is 874. The van der Waals surface area contributed by atoms with Crippen LogP contribution in [0.25, 0.3) is 0 Å². The lowest BCUT2D eigenvalue weighted by atomic mass is 10.2. The number of anilines is 1. The summed E-state index contributed by atoms with van der Waals surface area (Å²) in [5.74, 6) is -0.182. The first-order valence-electron chi connectivity index (χ1n) is 8.83. The van der Waals surface area contributed by atoms with Crippen LogP contribution < -0.4 is 20.1 Å². The Balaban J connectivity index is 1.88. The number of aromatic nitrogens is 1. The summed E-state index contributed by atoms with van der Waals surface area (Å²) in [7, 11) is 2.99. The molecule has 0 aliphatic heterocycles. The number of rotatable bonds is 9. The van der Waals surface area contributed by atoms with Crippen molar-refractivity contribution < 1.29 is 28.6 Å². The van der Waals surface area contributed by atoms with Crippen molar-refractivity contribution in [1.29, 1.82) is 0 Å². The molecule has 9 nitrogen and oxygen atoms in total. The standard InChI is InChI=1S/C19H23N3O6S/c1-5-28-18(25)16-11(2)21-19(29-16)22-15(23)6-7-20-17(24)12-8-13(26-3)10-14(9-12)27-4/h8-10H,5-7H2,1-4H3,(H,20,24)(H,21,22,23). The van der Waals surface area contributed by atoms with Crippen molar-refractivity contribution >= 4 is 34.3 Å². The number of hydrogen-bond donors (Lipinski definition) is 2. The molecule has 0 spiro atoms. The summed E-state index contributed by atoms with van der Waals surface area (Å²) in [6.07, 6.45) is 0.0419. The quantitative estimate of drug-likeness (QED) is 0.597. The summed E-state index contributed by atoms with van der Waals surface area (Å²) < 4.78 is 15.2. The zero-order valence-electron chi connectivity index (χ0n) is 16.7. The van der Waals surface area contributed by atoms with E-state index in [-0.39, 0.29) is 31.4 Å². The average molecular weight is 421 g/mol. The minimum atomic E-state index is -0.469. The molecule has 0 unspecified atom stereocenters. The third-order valence-corrected chi connectivity index (χ3v) is 4.81. The maximum Gasteiger partial charge on any atom is 0.350 e. The summed E-state index contributed by atoms with van der Waals surface area (Å²) >= 11 is 1.05. The first-order valence-corrected chi connectivity index (χ1v) is 9.65. The number of nitrogens with zero attached hydrogens (tertiary/aromatic N) is 1. The van der Waals surface area contributed by atoms with Crippen molar-refractivity contribution in [3.63, 3.8) is 0 Å². The van der Waals surface area contributed by atoms with Gasteiger partial charge in [-0.2, -0.15) is 0 Å². The topological polar surface area (TPSA) is 116 Å². The normalized spacial score (nSPS) is 10.2. The number of carbonyl (C=O) groups is 3. The van der Waals surface area contributed by atoms with Gasteiger partial charge in [0.1, 0.15) is 16.4 Å². The number of aryl methyl sites for hydroxylation is 1. The van der Waals surface area contributed by atoms with E-state index in [0.29, 0.717) is 32.8 Å². The van der Waals surface area contributed by atoms with E-state index in [2.05, 4.69) is 15.6 Å². The number of hydrogen-bond acceptors (Lipinski definition) is 8. The van der Waals surface area contributed by atoms with E-state index >= 15 is 0 Å². The molecule has 1 aromatic carbocycles. The Morgan fingerprint density at radius 3 is 2.34 bits per heavy atom. The van der Waals surface area contributed by atoms with E-state index in [1.807, 2.05) is 0 Å². The van der Waals surface area contributed by atoms with Crippen molar-refractivity contribution in [3.8, 4) is 11.5 Å². The van der Waals surface area contributed by atoms with Gasteiger partial charge in [-0.1, -0.05) is 11.3 Å². The predicted molar refractivity (Wildman–Crippen MR) is 108 cm³/mol. The number of amides is 2. The van der Waals surface area contributed by atoms with E-state index in [1.54, 1.807) is 32.0 Å². The number of esters is 1. The molecule has 0 radical (unpaired) electrons. The van der Waals surface area contributed by atoms with Crippen molar-refractivity contribution in [1.82, 2.24) is 10.3 Å². The minimum absolute atomic E-state index is 0.0419. The van der Waals surface area contributed by atoms with Crippen LogP contribution in [0.2, 0.25) is 0 Å². The summed E-state index contributed by atoms with van der Waals surface area (Å²) in [6.45, 7) is 3.77. The van der Waals surface area contributed by atoms with Crippen molar-refractivity contribution in [3.05, 3.63) is 34.3 Å². The summed E-state index contributed by atoms with van der Waals surface area (Å²) in [6, 6.07) is 4.81. The lowest BCUT2D eigenvalue weighted by Gasteiger charge is -2.09. The molecule has 2 rings (SSSR count). The first kappa shape index (κ1) is 22.2. The van der Waals surface area contributed by atoms with E-state index in [1.165, 1.54) is 14.2 Å². The van der Waals surface area contributed by atoms with Crippen LogP contribution in [0, 0.1) is 6.92 Å². The number of carbonyl (C=O) groups excluding carboxylic acids is 3. The second-order valence-corrected chi connectivity index (χ2v) is 6.81. The fourth-order valence-corrected chi connectivity index (χ4v) is 3.22. The van der Waals surface area contributed by atoms with Gasteiger partial charge in [-0.3, -0.25) is 9.59 Å². The van der Waals surface area contributed by atoms with Crippen molar-refractivity contribution in [2.24, 2.45) is 0 Å². The Morgan fingerprint density at radius 1 is 1.10 bits per heavy atom. The average Bonchev–Trinajstić information content (AvgIpc) is 3.07. The highest BCUT2D eigenvalue weighted by molar-refractivity contribution is 7.17. The predicted octanol–water partition coefficient (Wildman–Crippen LogP) is 2.40. The molecule has 0 saturated heterocycles. The van der Waals surface area contributed by atoms with Crippen LogP contribution in [0.1, 0.15) is 39.1 Å². The fourth-order valence-electron chi connectivity index (χ4n) is 2.35. The molecule has 2 aromatic rings.